The summed E-state index contributed by atoms with van der Waals surface area (Å²) in [4.78, 5) is 2.46. The molecule has 0 unspecified atom stereocenters. The molecule has 2 saturated heterocycles. The Morgan fingerprint density at radius 3 is 2.29 bits per heavy atom. The zero-order valence-corrected chi connectivity index (χ0v) is 13.6. The zero-order valence-electron chi connectivity index (χ0n) is 11.1. The predicted molar refractivity (Wildman–Crippen MR) is 75.1 cm³/mol. The van der Waals surface area contributed by atoms with Crippen LogP contribution >= 0.6 is 0 Å². The summed E-state index contributed by atoms with van der Waals surface area (Å²) in [6.45, 7) is 8.43. The van der Waals surface area contributed by atoms with Crippen LogP contribution in [0.25, 0.3) is 0 Å². The fraction of sp³-hybridized carbons (Fsp3) is 1.00. The van der Waals surface area contributed by atoms with Gasteiger partial charge < -0.3 is 0 Å². The van der Waals surface area contributed by atoms with E-state index in [1.807, 2.05) is 7.05 Å². The van der Waals surface area contributed by atoms with Crippen LogP contribution in [0.2, 0.25) is 4.97 Å². The standard InChI is InChI=1S/C10H28N6Te/c1-12-4-8-16-10-6-14-17(16,2)13-5-9-15(17)7-3-11/h12-14,17H,3-11H2,1-2H3. The third-order valence-electron chi connectivity index (χ3n) is 4.11. The molecule has 2 heterocycles. The quantitative estimate of drug-likeness (QED) is 0.415. The van der Waals surface area contributed by atoms with Gasteiger partial charge in [0.25, 0.3) is 0 Å². The topological polar surface area (TPSA) is 68.6 Å². The van der Waals surface area contributed by atoms with Gasteiger partial charge in [-0.25, -0.2) is 0 Å². The van der Waals surface area contributed by atoms with Crippen LogP contribution in [0.15, 0.2) is 0 Å². The van der Waals surface area contributed by atoms with E-state index in [0.717, 1.165) is 52.4 Å². The molecule has 0 aromatic carbocycles. The Morgan fingerprint density at radius 1 is 1.18 bits per heavy atom. The summed E-state index contributed by atoms with van der Waals surface area (Å²) in [5.74, 6) is 0. The van der Waals surface area contributed by atoms with Gasteiger partial charge in [-0.05, 0) is 0 Å². The minimum atomic E-state index is -3.12. The molecule has 17 heavy (non-hydrogen) atoms. The molecule has 7 heteroatoms. The average Bonchev–Trinajstić information content (AvgIpc) is 2.81. The van der Waals surface area contributed by atoms with Crippen molar-refractivity contribution >= 4 is 17.9 Å². The summed E-state index contributed by atoms with van der Waals surface area (Å²) in [7, 11) is 2.02. The molecule has 2 fully saturated rings. The maximum atomic E-state index is 5.77. The summed E-state index contributed by atoms with van der Waals surface area (Å²) in [6.07, 6.45) is 0. The van der Waals surface area contributed by atoms with Gasteiger partial charge in [0.05, 0.1) is 0 Å². The summed E-state index contributed by atoms with van der Waals surface area (Å²) < 4.78 is 13.0. The Kier molecular flexibility index (Phi) is 4.33. The van der Waals surface area contributed by atoms with E-state index >= 15 is 0 Å². The van der Waals surface area contributed by atoms with Crippen molar-refractivity contribution in [3.63, 3.8) is 0 Å². The van der Waals surface area contributed by atoms with Gasteiger partial charge in [0.2, 0.25) is 0 Å². The van der Waals surface area contributed by atoms with Crippen molar-refractivity contribution in [2.45, 2.75) is 4.97 Å². The Labute approximate surface area is 107 Å². The van der Waals surface area contributed by atoms with Crippen LogP contribution in [0, 0.1) is 0 Å². The Morgan fingerprint density at radius 2 is 1.76 bits per heavy atom. The number of hydrogen-bond donors (Lipinski definition) is 4. The predicted octanol–water partition coefficient (Wildman–Crippen LogP) is -2.27. The van der Waals surface area contributed by atoms with Crippen LogP contribution in [-0.4, -0.2) is 83.6 Å². The van der Waals surface area contributed by atoms with Gasteiger partial charge in [-0.2, -0.15) is 0 Å². The van der Waals surface area contributed by atoms with Gasteiger partial charge >= 0.3 is 107 Å². The number of nitrogens with two attached hydrogens (primary N) is 1. The maximum absolute atomic E-state index is 5.77. The molecule has 0 atom stereocenters. The molecule has 0 aromatic heterocycles. The number of nitrogens with one attached hydrogen (secondary N) is 3. The Balaban J connectivity index is 2.17. The third-order valence-corrected chi connectivity index (χ3v) is 19.9. The molecule has 0 aliphatic carbocycles. The molecule has 2 rings (SSSR count). The van der Waals surface area contributed by atoms with E-state index < -0.39 is 17.9 Å². The van der Waals surface area contributed by atoms with Gasteiger partial charge in [0.1, 0.15) is 0 Å². The monoisotopic (exact) mass is 362 g/mol. The second-order valence-corrected chi connectivity index (χ2v) is 18.4. The van der Waals surface area contributed by atoms with Crippen LogP contribution < -0.4 is 18.2 Å². The molecule has 0 bridgehead atoms. The third kappa shape index (κ3) is 2.24. The molecule has 0 radical (unpaired) electrons. The fourth-order valence-corrected chi connectivity index (χ4v) is 17.1. The van der Waals surface area contributed by atoms with Gasteiger partial charge in [-0.3, -0.25) is 0 Å². The normalized spacial score (nSPS) is 30.6. The van der Waals surface area contributed by atoms with E-state index in [2.05, 4.69) is 23.7 Å². The summed E-state index contributed by atoms with van der Waals surface area (Å²) in [5, 5.41) is 3.26. The second-order valence-electron chi connectivity index (χ2n) is 5.06. The van der Waals surface area contributed by atoms with E-state index in [9.17, 15) is 0 Å². The first-order chi connectivity index (χ1) is 8.14. The van der Waals surface area contributed by atoms with Crippen LogP contribution in [0.1, 0.15) is 0 Å². The van der Waals surface area contributed by atoms with Gasteiger partial charge in [0.15, 0.2) is 0 Å². The molecule has 2 aliphatic heterocycles. The molecule has 1 spiro atoms. The number of likely N-dealkylation sites (N-methyl/N-ethyl adjacent to an activating group) is 1. The van der Waals surface area contributed by atoms with Crippen molar-refractivity contribution in [3.8, 4) is 0 Å². The van der Waals surface area contributed by atoms with Crippen molar-refractivity contribution < 1.29 is 0 Å². The SMILES string of the molecule is CNCCN1CCN[TeH]12(C)NCCN2CCN. The van der Waals surface area contributed by atoms with Crippen LogP contribution in [0.3, 0.4) is 0 Å². The molecule has 5 N–H and O–H groups in total. The van der Waals surface area contributed by atoms with E-state index in [1.165, 1.54) is 0 Å². The molecule has 6 nitrogen and oxygen atoms in total. The van der Waals surface area contributed by atoms with E-state index in [0.29, 0.717) is 0 Å². The van der Waals surface area contributed by atoms with Crippen LogP contribution in [0.4, 0.5) is 0 Å². The number of nitrogens with zero attached hydrogens (tertiary/aromatic N) is 2. The van der Waals surface area contributed by atoms with Gasteiger partial charge in [-0.1, -0.05) is 0 Å². The second kappa shape index (κ2) is 5.27. The van der Waals surface area contributed by atoms with Crippen molar-refractivity contribution in [2.75, 3.05) is 59.4 Å². The summed E-state index contributed by atoms with van der Waals surface area (Å²) in [5.41, 5.74) is 5.77. The summed E-state index contributed by atoms with van der Waals surface area (Å²) in [6, 6.07) is 0. The van der Waals surface area contributed by atoms with Gasteiger partial charge in [-0.15, -0.1) is 0 Å². The van der Waals surface area contributed by atoms with Gasteiger partial charge in [0, 0.05) is 0 Å². The molecule has 0 saturated carbocycles. The fourth-order valence-electron chi connectivity index (χ4n) is 3.12. The van der Waals surface area contributed by atoms with E-state index in [1.54, 1.807) is 0 Å². The van der Waals surface area contributed by atoms with Crippen molar-refractivity contribution in [3.05, 3.63) is 0 Å². The first-order valence-electron chi connectivity index (χ1n) is 6.53. The Bertz CT molecular complexity index is 272. The van der Waals surface area contributed by atoms with Crippen LogP contribution in [0.5, 0.6) is 0 Å². The van der Waals surface area contributed by atoms with Crippen molar-refractivity contribution in [1.82, 2.24) is 18.8 Å². The van der Waals surface area contributed by atoms with E-state index in [-0.39, 0.29) is 0 Å². The Hall–Kier alpha value is 0.550. The zero-order chi connectivity index (χ0) is 12.4. The number of rotatable bonds is 5. The number of hydrogen-bond acceptors (Lipinski definition) is 6. The summed E-state index contributed by atoms with van der Waals surface area (Å²) >= 11 is -3.12. The van der Waals surface area contributed by atoms with Crippen LogP contribution in [-0.2, 0) is 0 Å². The molecule has 0 amide bonds. The molecular formula is C10H28N6Te. The average molecular weight is 360 g/mol. The van der Waals surface area contributed by atoms with E-state index in [4.69, 9.17) is 5.73 Å². The first-order valence-corrected chi connectivity index (χ1v) is 13.9. The molecule has 104 valence electrons. The van der Waals surface area contributed by atoms with Crippen molar-refractivity contribution in [2.24, 2.45) is 5.73 Å². The first kappa shape index (κ1) is 14.0. The molecular weight excluding hydrogens is 332 g/mol. The molecule has 0 aromatic rings. The molecule has 2 aliphatic rings. The minimum absolute atomic E-state index is 0.749. The van der Waals surface area contributed by atoms with Crippen molar-refractivity contribution in [1.29, 1.82) is 0 Å².